The Morgan fingerprint density at radius 3 is 2.74 bits per heavy atom. The molecule has 122 valence electrons. The minimum absolute atomic E-state index is 0.524. The molecule has 0 N–H and O–H groups in total. The van der Waals surface area contributed by atoms with Crippen molar-refractivity contribution in [3.63, 3.8) is 0 Å². The van der Waals surface area contributed by atoms with Gasteiger partial charge < -0.3 is 14.4 Å². The number of aromatic nitrogens is 2. The van der Waals surface area contributed by atoms with Crippen LogP contribution >= 0.6 is 11.6 Å². The fourth-order valence-electron chi connectivity index (χ4n) is 2.58. The molecule has 23 heavy (non-hydrogen) atoms. The number of benzene rings is 1. The molecule has 6 heteroatoms. The molecule has 1 saturated heterocycles. The van der Waals surface area contributed by atoms with Gasteiger partial charge in [0, 0.05) is 24.5 Å². The van der Waals surface area contributed by atoms with Gasteiger partial charge in [-0.1, -0.05) is 23.7 Å². The van der Waals surface area contributed by atoms with Crippen molar-refractivity contribution in [2.75, 3.05) is 37.8 Å². The minimum atomic E-state index is 0.524. The van der Waals surface area contributed by atoms with Crippen LogP contribution in [-0.2, 0) is 11.2 Å². The van der Waals surface area contributed by atoms with Crippen LogP contribution in [-0.4, -0.2) is 42.9 Å². The Morgan fingerprint density at radius 2 is 2.04 bits per heavy atom. The molecular weight excluding hydrogens is 314 g/mol. The van der Waals surface area contributed by atoms with Crippen LogP contribution in [0.2, 0.25) is 5.02 Å². The molecule has 2 aromatic rings. The summed E-state index contributed by atoms with van der Waals surface area (Å²) in [6, 6.07) is 5.91. The SMILES string of the molecule is Cc1cccc(Cl)c1CCOc1cnc(N2CCOCC2)cn1. The van der Waals surface area contributed by atoms with E-state index in [2.05, 4.69) is 27.9 Å². The first-order valence-electron chi connectivity index (χ1n) is 7.75. The normalized spacial score (nSPS) is 14.8. The molecule has 0 unspecified atom stereocenters. The number of aryl methyl sites for hydroxylation is 1. The summed E-state index contributed by atoms with van der Waals surface area (Å²) in [6.07, 6.45) is 4.17. The number of hydrogen-bond acceptors (Lipinski definition) is 5. The van der Waals surface area contributed by atoms with Crippen LogP contribution in [0.1, 0.15) is 11.1 Å². The molecule has 0 bridgehead atoms. The Hall–Kier alpha value is -1.85. The zero-order chi connectivity index (χ0) is 16.1. The van der Waals surface area contributed by atoms with Crippen molar-refractivity contribution in [1.29, 1.82) is 0 Å². The lowest BCUT2D eigenvalue weighted by molar-refractivity contribution is 0.122. The third-order valence-corrected chi connectivity index (χ3v) is 4.26. The maximum atomic E-state index is 6.22. The third-order valence-electron chi connectivity index (χ3n) is 3.90. The molecule has 0 saturated carbocycles. The van der Waals surface area contributed by atoms with Gasteiger partial charge in [0.25, 0.3) is 0 Å². The molecule has 1 fully saturated rings. The van der Waals surface area contributed by atoms with Crippen LogP contribution in [0.25, 0.3) is 0 Å². The first-order chi connectivity index (χ1) is 11.2. The topological polar surface area (TPSA) is 47.5 Å². The van der Waals surface area contributed by atoms with E-state index in [-0.39, 0.29) is 0 Å². The number of halogens is 1. The number of ether oxygens (including phenoxy) is 2. The zero-order valence-electron chi connectivity index (χ0n) is 13.2. The summed E-state index contributed by atoms with van der Waals surface area (Å²) in [6.45, 7) is 5.74. The number of anilines is 1. The summed E-state index contributed by atoms with van der Waals surface area (Å²) in [5.74, 6) is 1.40. The average molecular weight is 334 g/mol. The molecule has 2 heterocycles. The second-order valence-electron chi connectivity index (χ2n) is 5.45. The van der Waals surface area contributed by atoms with Crippen LogP contribution in [0.5, 0.6) is 5.88 Å². The minimum Gasteiger partial charge on any atom is -0.476 e. The fourth-order valence-corrected chi connectivity index (χ4v) is 2.90. The molecule has 3 rings (SSSR count). The smallest absolute Gasteiger partial charge is 0.232 e. The Labute approximate surface area is 141 Å². The predicted molar refractivity (Wildman–Crippen MR) is 90.5 cm³/mol. The highest BCUT2D eigenvalue weighted by atomic mass is 35.5. The second-order valence-corrected chi connectivity index (χ2v) is 5.85. The van der Waals surface area contributed by atoms with Crippen LogP contribution in [0.3, 0.4) is 0 Å². The van der Waals surface area contributed by atoms with Crippen LogP contribution in [0.15, 0.2) is 30.6 Å². The maximum absolute atomic E-state index is 6.22. The zero-order valence-corrected chi connectivity index (χ0v) is 13.9. The van der Waals surface area contributed by atoms with Crippen LogP contribution in [0.4, 0.5) is 5.82 Å². The van der Waals surface area contributed by atoms with E-state index in [0.29, 0.717) is 12.5 Å². The van der Waals surface area contributed by atoms with Gasteiger partial charge in [-0.25, -0.2) is 9.97 Å². The van der Waals surface area contributed by atoms with Gasteiger partial charge in [-0.2, -0.15) is 0 Å². The number of morpholine rings is 1. The second kappa shape index (κ2) is 7.62. The van der Waals surface area contributed by atoms with Crippen LogP contribution in [0, 0.1) is 6.92 Å². The molecule has 1 aromatic carbocycles. The van der Waals surface area contributed by atoms with Crippen molar-refractivity contribution in [3.8, 4) is 5.88 Å². The van der Waals surface area contributed by atoms with E-state index in [1.165, 1.54) is 5.56 Å². The molecule has 0 amide bonds. The van der Waals surface area contributed by atoms with Gasteiger partial charge in [0.05, 0.1) is 32.2 Å². The van der Waals surface area contributed by atoms with E-state index in [9.17, 15) is 0 Å². The highest BCUT2D eigenvalue weighted by molar-refractivity contribution is 6.31. The lowest BCUT2D eigenvalue weighted by Crippen LogP contribution is -2.36. The van der Waals surface area contributed by atoms with Crippen LogP contribution < -0.4 is 9.64 Å². The van der Waals surface area contributed by atoms with Gasteiger partial charge in [0.1, 0.15) is 5.82 Å². The Kier molecular flexibility index (Phi) is 5.31. The summed E-state index contributed by atoms with van der Waals surface area (Å²) in [7, 11) is 0. The average Bonchev–Trinajstić information content (AvgIpc) is 2.59. The summed E-state index contributed by atoms with van der Waals surface area (Å²) >= 11 is 6.22. The van der Waals surface area contributed by atoms with Gasteiger partial charge in [-0.3, -0.25) is 0 Å². The number of rotatable bonds is 5. The molecule has 0 spiro atoms. The quantitative estimate of drug-likeness (QED) is 0.842. The monoisotopic (exact) mass is 333 g/mol. The first-order valence-corrected chi connectivity index (χ1v) is 8.13. The largest absolute Gasteiger partial charge is 0.476 e. The Balaban J connectivity index is 1.54. The standard InChI is InChI=1S/C17H20ClN3O2/c1-13-3-2-4-15(18)14(13)5-8-23-17-12-19-16(11-20-17)21-6-9-22-10-7-21/h2-4,11-12H,5-10H2,1H3. The van der Waals surface area contributed by atoms with E-state index in [1.54, 1.807) is 12.4 Å². The molecule has 1 aliphatic rings. The summed E-state index contributed by atoms with van der Waals surface area (Å²) < 4.78 is 11.0. The van der Waals surface area contributed by atoms with Crippen molar-refractivity contribution in [3.05, 3.63) is 46.7 Å². The van der Waals surface area contributed by atoms with E-state index < -0.39 is 0 Å². The summed E-state index contributed by atoms with van der Waals surface area (Å²) in [4.78, 5) is 10.9. The lowest BCUT2D eigenvalue weighted by atomic mass is 10.1. The number of hydrogen-bond donors (Lipinski definition) is 0. The summed E-state index contributed by atoms with van der Waals surface area (Å²) in [5, 5.41) is 0.780. The van der Waals surface area contributed by atoms with Crippen molar-refractivity contribution in [1.82, 2.24) is 9.97 Å². The maximum Gasteiger partial charge on any atom is 0.232 e. The Morgan fingerprint density at radius 1 is 1.22 bits per heavy atom. The highest BCUT2D eigenvalue weighted by Crippen LogP contribution is 2.20. The van der Waals surface area contributed by atoms with Crippen molar-refractivity contribution in [2.45, 2.75) is 13.3 Å². The van der Waals surface area contributed by atoms with Crippen molar-refractivity contribution in [2.24, 2.45) is 0 Å². The fraction of sp³-hybridized carbons (Fsp3) is 0.412. The molecule has 0 aliphatic carbocycles. The first kappa shape index (κ1) is 16.0. The van der Waals surface area contributed by atoms with E-state index >= 15 is 0 Å². The summed E-state index contributed by atoms with van der Waals surface area (Å²) in [5.41, 5.74) is 2.29. The molecule has 0 radical (unpaired) electrons. The van der Waals surface area contributed by atoms with E-state index in [4.69, 9.17) is 21.1 Å². The van der Waals surface area contributed by atoms with Gasteiger partial charge in [0.2, 0.25) is 5.88 Å². The molecule has 1 aliphatic heterocycles. The highest BCUT2D eigenvalue weighted by Gasteiger charge is 2.12. The molecule has 5 nitrogen and oxygen atoms in total. The lowest BCUT2D eigenvalue weighted by Gasteiger charge is -2.27. The van der Waals surface area contributed by atoms with Crippen molar-refractivity contribution < 1.29 is 9.47 Å². The molecular formula is C17H20ClN3O2. The van der Waals surface area contributed by atoms with Gasteiger partial charge >= 0.3 is 0 Å². The van der Waals surface area contributed by atoms with Crippen molar-refractivity contribution >= 4 is 17.4 Å². The van der Waals surface area contributed by atoms with Gasteiger partial charge in [-0.15, -0.1) is 0 Å². The van der Waals surface area contributed by atoms with Gasteiger partial charge in [-0.05, 0) is 24.1 Å². The van der Waals surface area contributed by atoms with E-state index in [1.807, 2.05) is 12.1 Å². The predicted octanol–water partition coefficient (Wildman–Crippen LogP) is 2.90. The number of nitrogens with zero attached hydrogens (tertiary/aromatic N) is 3. The molecule has 0 atom stereocenters. The Bertz CT molecular complexity index is 623. The third kappa shape index (κ3) is 4.12. The van der Waals surface area contributed by atoms with Gasteiger partial charge in [0.15, 0.2) is 0 Å². The van der Waals surface area contributed by atoms with E-state index in [0.717, 1.165) is 49.1 Å². The molecule has 1 aromatic heterocycles.